The van der Waals surface area contributed by atoms with Gasteiger partial charge in [-0.2, -0.15) is 0 Å². The number of benzene rings is 1. The third-order valence-electron chi connectivity index (χ3n) is 3.79. The van der Waals surface area contributed by atoms with E-state index in [0.717, 1.165) is 0 Å². The fourth-order valence-electron chi connectivity index (χ4n) is 2.32. The van der Waals surface area contributed by atoms with Crippen LogP contribution in [0.4, 0.5) is 4.39 Å². The Morgan fingerprint density at radius 3 is 2.54 bits per heavy atom. The molecule has 0 aliphatic heterocycles. The Bertz CT molecular complexity index is 1100. The molecule has 0 fully saturated rings. The van der Waals surface area contributed by atoms with Crippen molar-refractivity contribution in [2.75, 3.05) is 7.05 Å². The molecule has 0 saturated heterocycles. The molecule has 2 heterocycles. The zero-order valence-corrected chi connectivity index (χ0v) is 15.6. The van der Waals surface area contributed by atoms with Gasteiger partial charge in [-0.15, -0.1) is 0 Å². The number of rotatable bonds is 6. The van der Waals surface area contributed by atoms with Crippen LogP contribution in [0.2, 0.25) is 0 Å². The fraction of sp³-hybridized carbons (Fsp3) is 0.111. The lowest BCUT2D eigenvalue weighted by Gasteiger charge is -2.07. The number of nitrogens with zero attached hydrogens (tertiary/aromatic N) is 3. The van der Waals surface area contributed by atoms with Crippen LogP contribution >= 0.6 is 0 Å². The van der Waals surface area contributed by atoms with Crippen LogP contribution in [0.3, 0.4) is 0 Å². The highest BCUT2D eigenvalue weighted by atomic mass is 32.2. The summed E-state index contributed by atoms with van der Waals surface area (Å²) in [5.41, 5.74) is 1.29. The second kappa shape index (κ2) is 8.19. The largest absolute Gasteiger partial charge is 0.348 e. The molecule has 8 nitrogen and oxygen atoms in total. The Labute approximate surface area is 160 Å². The van der Waals surface area contributed by atoms with E-state index in [1.165, 1.54) is 43.8 Å². The number of carbonyl (C=O) groups is 1. The number of carbonyl (C=O) groups excluding carboxylic acids is 1. The summed E-state index contributed by atoms with van der Waals surface area (Å²) in [7, 11) is -2.38. The number of pyridine rings is 1. The van der Waals surface area contributed by atoms with E-state index in [1.54, 1.807) is 18.2 Å². The van der Waals surface area contributed by atoms with Crippen LogP contribution in [0.25, 0.3) is 11.4 Å². The van der Waals surface area contributed by atoms with Gasteiger partial charge in [0.1, 0.15) is 5.82 Å². The van der Waals surface area contributed by atoms with Gasteiger partial charge in [0, 0.05) is 30.7 Å². The first-order valence-electron chi connectivity index (χ1n) is 8.14. The van der Waals surface area contributed by atoms with Crippen LogP contribution in [-0.4, -0.2) is 36.3 Å². The van der Waals surface area contributed by atoms with Crippen molar-refractivity contribution in [1.82, 2.24) is 25.0 Å². The zero-order chi connectivity index (χ0) is 20.1. The third-order valence-corrected chi connectivity index (χ3v) is 5.10. The molecule has 0 aliphatic carbocycles. The van der Waals surface area contributed by atoms with E-state index in [-0.39, 0.29) is 17.1 Å². The van der Waals surface area contributed by atoms with Gasteiger partial charge in [0.05, 0.1) is 5.56 Å². The molecular formula is C18H16FN5O3S. The molecule has 0 radical (unpaired) electrons. The summed E-state index contributed by atoms with van der Waals surface area (Å²) in [6.07, 6.45) is 4.03. The van der Waals surface area contributed by atoms with Gasteiger partial charge >= 0.3 is 0 Å². The van der Waals surface area contributed by atoms with E-state index in [4.69, 9.17) is 0 Å². The van der Waals surface area contributed by atoms with Gasteiger partial charge in [-0.05, 0) is 36.9 Å². The molecule has 0 aliphatic rings. The number of aromatic nitrogens is 3. The lowest BCUT2D eigenvalue weighted by atomic mass is 10.2. The molecule has 0 atom stereocenters. The van der Waals surface area contributed by atoms with Crippen LogP contribution in [0.1, 0.15) is 15.9 Å². The number of sulfonamides is 1. The highest BCUT2D eigenvalue weighted by Gasteiger charge is 2.14. The summed E-state index contributed by atoms with van der Waals surface area (Å²) >= 11 is 0. The first-order chi connectivity index (χ1) is 13.4. The second-order valence-electron chi connectivity index (χ2n) is 5.70. The third kappa shape index (κ3) is 4.53. The molecule has 3 aromatic rings. The van der Waals surface area contributed by atoms with Crippen LogP contribution in [-0.2, 0) is 16.6 Å². The van der Waals surface area contributed by atoms with Crippen molar-refractivity contribution in [3.05, 3.63) is 71.9 Å². The fourth-order valence-corrected chi connectivity index (χ4v) is 3.03. The van der Waals surface area contributed by atoms with Gasteiger partial charge in [-0.25, -0.2) is 32.5 Å². The van der Waals surface area contributed by atoms with Gasteiger partial charge in [-0.1, -0.05) is 12.1 Å². The van der Waals surface area contributed by atoms with E-state index < -0.39 is 21.7 Å². The Morgan fingerprint density at radius 2 is 1.86 bits per heavy atom. The number of nitrogens with one attached hydrogen (secondary N) is 2. The molecule has 1 aromatic carbocycles. The molecule has 0 unspecified atom stereocenters. The summed E-state index contributed by atoms with van der Waals surface area (Å²) in [5.74, 6) is -0.535. The minimum Gasteiger partial charge on any atom is -0.348 e. The van der Waals surface area contributed by atoms with Gasteiger partial charge < -0.3 is 5.32 Å². The number of hydrogen-bond acceptors (Lipinski definition) is 6. The molecule has 1 amide bonds. The SMILES string of the molecule is CNS(=O)(=O)c1cc(CNC(=O)c2cnc(-c3cccc(F)c3)nc2)ccn1. The van der Waals surface area contributed by atoms with Crippen molar-refractivity contribution in [3.8, 4) is 11.4 Å². The highest BCUT2D eigenvalue weighted by molar-refractivity contribution is 7.89. The summed E-state index contributed by atoms with van der Waals surface area (Å²) in [6, 6.07) is 8.80. The maximum Gasteiger partial charge on any atom is 0.257 e. The molecule has 2 aromatic heterocycles. The van der Waals surface area contributed by atoms with Crippen molar-refractivity contribution in [2.24, 2.45) is 0 Å². The first-order valence-corrected chi connectivity index (χ1v) is 9.62. The van der Waals surface area contributed by atoms with E-state index in [2.05, 4.69) is 25.0 Å². The van der Waals surface area contributed by atoms with Crippen LogP contribution in [0.5, 0.6) is 0 Å². The molecule has 0 saturated carbocycles. The van der Waals surface area contributed by atoms with Crippen LogP contribution in [0.15, 0.2) is 60.0 Å². The molecule has 144 valence electrons. The van der Waals surface area contributed by atoms with Crippen LogP contribution in [0, 0.1) is 5.82 Å². The lowest BCUT2D eigenvalue weighted by Crippen LogP contribution is -2.24. The zero-order valence-electron chi connectivity index (χ0n) is 14.8. The molecular weight excluding hydrogens is 385 g/mol. The Hall–Kier alpha value is -3.24. The Balaban J connectivity index is 1.68. The van der Waals surface area contributed by atoms with Crippen molar-refractivity contribution < 1.29 is 17.6 Å². The normalized spacial score (nSPS) is 11.2. The summed E-state index contributed by atoms with van der Waals surface area (Å²) in [5, 5.41) is 2.52. The van der Waals surface area contributed by atoms with Gasteiger partial charge in [0.15, 0.2) is 10.9 Å². The van der Waals surface area contributed by atoms with Crippen LogP contribution < -0.4 is 10.0 Å². The predicted octanol–water partition coefficient (Wildman–Crippen LogP) is 1.52. The molecule has 3 rings (SSSR count). The predicted molar refractivity (Wildman–Crippen MR) is 99.1 cm³/mol. The molecule has 0 spiro atoms. The van der Waals surface area contributed by atoms with Crippen molar-refractivity contribution in [3.63, 3.8) is 0 Å². The van der Waals surface area contributed by atoms with Crippen molar-refractivity contribution in [2.45, 2.75) is 11.6 Å². The molecule has 10 heteroatoms. The Morgan fingerprint density at radius 1 is 1.11 bits per heavy atom. The average Bonchev–Trinajstić information content (AvgIpc) is 2.72. The molecule has 0 bridgehead atoms. The first kappa shape index (κ1) is 19.5. The van der Waals surface area contributed by atoms with Crippen molar-refractivity contribution >= 4 is 15.9 Å². The molecule has 2 N–H and O–H groups in total. The number of hydrogen-bond donors (Lipinski definition) is 2. The lowest BCUT2D eigenvalue weighted by molar-refractivity contribution is 0.0950. The van der Waals surface area contributed by atoms with E-state index in [1.807, 2.05) is 0 Å². The monoisotopic (exact) mass is 401 g/mol. The maximum absolute atomic E-state index is 13.3. The average molecular weight is 401 g/mol. The number of halogens is 1. The van der Waals surface area contributed by atoms with E-state index in [9.17, 15) is 17.6 Å². The minimum absolute atomic E-state index is 0.0965. The quantitative estimate of drug-likeness (QED) is 0.647. The summed E-state index contributed by atoms with van der Waals surface area (Å²) in [6.45, 7) is 0.0965. The molecule has 28 heavy (non-hydrogen) atoms. The second-order valence-corrected chi connectivity index (χ2v) is 7.53. The van der Waals surface area contributed by atoms with Crippen molar-refractivity contribution in [1.29, 1.82) is 0 Å². The van der Waals surface area contributed by atoms with E-state index in [0.29, 0.717) is 17.0 Å². The van der Waals surface area contributed by atoms with Gasteiger partial charge in [0.2, 0.25) is 0 Å². The number of amides is 1. The topological polar surface area (TPSA) is 114 Å². The van der Waals surface area contributed by atoms with Gasteiger partial charge in [-0.3, -0.25) is 4.79 Å². The van der Waals surface area contributed by atoms with E-state index >= 15 is 0 Å². The highest BCUT2D eigenvalue weighted by Crippen LogP contribution is 2.15. The standard InChI is InChI=1S/C18H16FN5O3S/c1-20-28(26,27)16-7-12(5-6-21-16)9-24-18(25)14-10-22-17(23-11-14)13-3-2-4-15(19)8-13/h2-8,10-11,20H,9H2,1H3,(H,24,25). The minimum atomic E-state index is -3.67. The Kier molecular flexibility index (Phi) is 5.71. The smallest absolute Gasteiger partial charge is 0.257 e. The summed E-state index contributed by atoms with van der Waals surface area (Å²) < 4.78 is 39.0. The maximum atomic E-state index is 13.3. The van der Waals surface area contributed by atoms with Gasteiger partial charge in [0.25, 0.3) is 15.9 Å². The summed E-state index contributed by atoms with van der Waals surface area (Å²) in [4.78, 5) is 24.2.